The number of nitrogens with two attached hydrogens (primary N) is 1. The normalized spacial score (nSPS) is 20.4. The Bertz CT molecular complexity index is 459. The number of piperazine rings is 1. The SMILES string of the molecule is CCC(C)N1CCN(CC(N)c2cc(F)ccc2F)CC1. The zero-order valence-corrected chi connectivity index (χ0v) is 12.9. The second-order valence-electron chi connectivity index (χ2n) is 5.87. The van der Waals surface area contributed by atoms with Crippen LogP contribution in [0, 0.1) is 11.6 Å². The number of nitrogens with zero attached hydrogens (tertiary/aromatic N) is 2. The van der Waals surface area contributed by atoms with E-state index in [2.05, 4.69) is 23.6 Å². The van der Waals surface area contributed by atoms with Gasteiger partial charge in [0.15, 0.2) is 0 Å². The molecule has 2 unspecified atom stereocenters. The highest BCUT2D eigenvalue weighted by Gasteiger charge is 2.22. The van der Waals surface area contributed by atoms with Crippen LogP contribution in [0.5, 0.6) is 0 Å². The van der Waals surface area contributed by atoms with Crippen molar-refractivity contribution in [2.45, 2.75) is 32.4 Å². The molecule has 1 aliphatic heterocycles. The molecule has 3 nitrogen and oxygen atoms in total. The maximum Gasteiger partial charge on any atom is 0.128 e. The van der Waals surface area contributed by atoms with Crippen molar-refractivity contribution in [3.63, 3.8) is 0 Å². The molecule has 118 valence electrons. The Balaban J connectivity index is 1.89. The van der Waals surface area contributed by atoms with Gasteiger partial charge in [0.25, 0.3) is 0 Å². The van der Waals surface area contributed by atoms with Crippen molar-refractivity contribution in [3.8, 4) is 0 Å². The van der Waals surface area contributed by atoms with Crippen LogP contribution >= 0.6 is 0 Å². The molecule has 1 aliphatic rings. The third-order valence-corrected chi connectivity index (χ3v) is 4.43. The quantitative estimate of drug-likeness (QED) is 0.906. The van der Waals surface area contributed by atoms with E-state index in [1.54, 1.807) is 0 Å². The topological polar surface area (TPSA) is 32.5 Å². The van der Waals surface area contributed by atoms with Crippen molar-refractivity contribution in [3.05, 3.63) is 35.4 Å². The zero-order valence-electron chi connectivity index (χ0n) is 12.9. The van der Waals surface area contributed by atoms with Gasteiger partial charge >= 0.3 is 0 Å². The van der Waals surface area contributed by atoms with E-state index in [0.29, 0.717) is 12.6 Å². The van der Waals surface area contributed by atoms with Crippen LogP contribution in [-0.2, 0) is 0 Å². The number of hydrogen-bond donors (Lipinski definition) is 1. The van der Waals surface area contributed by atoms with Gasteiger partial charge in [-0.3, -0.25) is 9.80 Å². The minimum atomic E-state index is -0.490. The van der Waals surface area contributed by atoms with Gasteiger partial charge in [0, 0.05) is 50.4 Å². The Kier molecular flexibility index (Phi) is 5.67. The van der Waals surface area contributed by atoms with Crippen LogP contribution in [0.4, 0.5) is 8.78 Å². The minimum absolute atomic E-state index is 0.263. The van der Waals surface area contributed by atoms with E-state index in [1.807, 2.05) is 0 Å². The van der Waals surface area contributed by atoms with E-state index < -0.39 is 17.7 Å². The van der Waals surface area contributed by atoms with Crippen LogP contribution in [-0.4, -0.2) is 48.6 Å². The first-order valence-electron chi connectivity index (χ1n) is 7.68. The lowest BCUT2D eigenvalue weighted by molar-refractivity contribution is 0.0965. The highest BCUT2D eigenvalue weighted by Crippen LogP contribution is 2.18. The predicted molar refractivity (Wildman–Crippen MR) is 81.1 cm³/mol. The summed E-state index contributed by atoms with van der Waals surface area (Å²) in [6.07, 6.45) is 1.15. The van der Waals surface area contributed by atoms with Gasteiger partial charge in [-0.25, -0.2) is 8.78 Å². The van der Waals surface area contributed by atoms with Crippen LogP contribution in [0.3, 0.4) is 0 Å². The Labute approximate surface area is 125 Å². The van der Waals surface area contributed by atoms with E-state index in [9.17, 15) is 8.78 Å². The van der Waals surface area contributed by atoms with Gasteiger partial charge in [-0.2, -0.15) is 0 Å². The van der Waals surface area contributed by atoms with E-state index in [1.165, 1.54) is 6.07 Å². The van der Waals surface area contributed by atoms with Gasteiger partial charge in [0.1, 0.15) is 11.6 Å². The smallest absolute Gasteiger partial charge is 0.128 e. The fraction of sp³-hybridized carbons (Fsp3) is 0.625. The number of halogens is 2. The summed E-state index contributed by atoms with van der Waals surface area (Å²) in [6.45, 7) is 8.86. The van der Waals surface area contributed by atoms with E-state index in [4.69, 9.17) is 5.73 Å². The molecule has 0 spiro atoms. The van der Waals surface area contributed by atoms with E-state index in [-0.39, 0.29) is 5.56 Å². The third kappa shape index (κ3) is 4.22. The van der Waals surface area contributed by atoms with Crippen molar-refractivity contribution in [1.82, 2.24) is 9.80 Å². The molecular formula is C16H25F2N3. The third-order valence-electron chi connectivity index (χ3n) is 4.43. The average molecular weight is 297 g/mol. The second-order valence-corrected chi connectivity index (χ2v) is 5.87. The Morgan fingerprint density at radius 1 is 1.19 bits per heavy atom. The van der Waals surface area contributed by atoms with Crippen LogP contribution in [0.1, 0.15) is 31.9 Å². The van der Waals surface area contributed by atoms with Gasteiger partial charge < -0.3 is 5.73 Å². The summed E-state index contributed by atoms with van der Waals surface area (Å²) in [6, 6.07) is 3.58. The zero-order chi connectivity index (χ0) is 15.4. The van der Waals surface area contributed by atoms with E-state index in [0.717, 1.165) is 44.7 Å². The van der Waals surface area contributed by atoms with Crippen molar-refractivity contribution in [2.75, 3.05) is 32.7 Å². The first-order valence-corrected chi connectivity index (χ1v) is 7.68. The molecule has 2 atom stereocenters. The maximum absolute atomic E-state index is 13.7. The summed E-state index contributed by atoms with van der Waals surface area (Å²) in [5, 5.41) is 0. The first-order chi connectivity index (χ1) is 10.0. The molecule has 1 saturated heterocycles. The standard InChI is InChI=1S/C16H25F2N3/c1-3-12(2)21-8-6-20(7-9-21)11-16(19)14-10-13(17)4-5-15(14)18/h4-5,10,12,16H,3,6-9,11,19H2,1-2H3. The van der Waals surface area contributed by atoms with Gasteiger partial charge in [0.05, 0.1) is 0 Å². The molecule has 0 bridgehead atoms. The molecule has 0 aliphatic carbocycles. The molecule has 0 saturated carbocycles. The molecule has 5 heteroatoms. The summed E-state index contributed by atoms with van der Waals surface area (Å²) in [7, 11) is 0. The van der Waals surface area contributed by atoms with Crippen molar-refractivity contribution in [2.24, 2.45) is 5.73 Å². The monoisotopic (exact) mass is 297 g/mol. The number of hydrogen-bond acceptors (Lipinski definition) is 3. The molecule has 0 radical (unpaired) electrons. The highest BCUT2D eigenvalue weighted by atomic mass is 19.1. The molecule has 1 aromatic carbocycles. The van der Waals surface area contributed by atoms with Crippen LogP contribution < -0.4 is 5.73 Å². The van der Waals surface area contributed by atoms with Crippen molar-refractivity contribution < 1.29 is 8.78 Å². The van der Waals surface area contributed by atoms with Crippen LogP contribution in [0.15, 0.2) is 18.2 Å². The minimum Gasteiger partial charge on any atom is -0.323 e. The van der Waals surface area contributed by atoms with Gasteiger partial charge in [0.2, 0.25) is 0 Å². The number of rotatable bonds is 5. The van der Waals surface area contributed by atoms with Crippen molar-refractivity contribution in [1.29, 1.82) is 0 Å². The fourth-order valence-electron chi connectivity index (χ4n) is 2.82. The molecule has 1 aromatic rings. The lowest BCUT2D eigenvalue weighted by Gasteiger charge is -2.38. The summed E-state index contributed by atoms with van der Waals surface area (Å²) in [5.41, 5.74) is 6.32. The molecule has 1 heterocycles. The fourth-order valence-corrected chi connectivity index (χ4v) is 2.82. The van der Waals surface area contributed by atoms with Gasteiger partial charge in [-0.1, -0.05) is 6.92 Å². The highest BCUT2D eigenvalue weighted by molar-refractivity contribution is 5.22. The Morgan fingerprint density at radius 2 is 1.86 bits per heavy atom. The van der Waals surface area contributed by atoms with Crippen LogP contribution in [0.2, 0.25) is 0 Å². The number of benzene rings is 1. The molecule has 0 aromatic heterocycles. The summed E-state index contributed by atoms with van der Waals surface area (Å²) >= 11 is 0. The molecule has 2 rings (SSSR count). The molecule has 0 amide bonds. The lowest BCUT2D eigenvalue weighted by Crippen LogP contribution is -2.50. The summed E-state index contributed by atoms with van der Waals surface area (Å²) < 4.78 is 26.9. The predicted octanol–water partition coefficient (Wildman–Crippen LogP) is 2.38. The first kappa shape index (κ1) is 16.3. The molecular weight excluding hydrogens is 272 g/mol. The maximum atomic E-state index is 13.7. The Morgan fingerprint density at radius 3 is 2.48 bits per heavy atom. The Hall–Kier alpha value is -1.04. The van der Waals surface area contributed by atoms with E-state index >= 15 is 0 Å². The lowest BCUT2D eigenvalue weighted by atomic mass is 10.1. The second kappa shape index (κ2) is 7.29. The van der Waals surface area contributed by atoms with Crippen LogP contribution in [0.25, 0.3) is 0 Å². The molecule has 2 N–H and O–H groups in total. The average Bonchev–Trinajstić information content (AvgIpc) is 2.49. The largest absolute Gasteiger partial charge is 0.323 e. The molecule has 21 heavy (non-hydrogen) atoms. The summed E-state index contributed by atoms with van der Waals surface area (Å²) in [4.78, 5) is 4.69. The summed E-state index contributed by atoms with van der Waals surface area (Å²) in [5.74, 6) is -0.870. The van der Waals surface area contributed by atoms with Gasteiger partial charge in [-0.05, 0) is 31.5 Å². The van der Waals surface area contributed by atoms with Gasteiger partial charge in [-0.15, -0.1) is 0 Å². The van der Waals surface area contributed by atoms with Crippen molar-refractivity contribution >= 4 is 0 Å². The molecule has 1 fully saturated rings.